The minimum atomic E-state index is -3.91. The molecule has 0 fully saturated rings. The summed E-state index contributed by atoms with van der Waals surface area (Å²) in [6.45, 7) is 11.9. The van der Waals surface area contributed by atoms with Crippen LogP contribution in [0, 0.1) is 13.8 Å². The summed E-state index contributed by atoms with van der Waals surface area (Å²) in [6.07, 6.45) is 4.29. The van der Waals surface area contributed by atoms with E-state index in [2.05, 4.69) is 24.5 Å². The van der Waals surface area contributed by atoms with Crippen molar-refractivity contribution in [1.82, 2.24) is 5.32 Å². The zero-order valence-electron chi connectivity index (χ0n) is 22.5. The normalized spacial score (nSPS) is 12.7. The molecule has 2 rings (SSSR count). The number of nitrogens with one attached hydrogen (secondary N) is 1. The van der Waals surface area contributed by atoms with Crippen LogP contribution in [0.2, 0.25) is 0 Å². The third-order valence-corrected chi connectivity index (χ3v) is 6.29. The van der Waals surface area contributed by atoms with Crippen molar-refractivity contribution in [2.24, 2.45) is 0 Å². The summed E-state index contributed by atoms with van der Waals surface area (Å²) in [6, 6.07) is 10.7. The molecule has 0 radical (unpaired) electrons. The number of unbranched alkanes of at least 4 members (excludes halogenated alkanes) is 1. The molecule has 0 bridgehead atoms. The Hall–Kier alpha value is -3.43. The van der Waals surface area contributed by atoms with Gasteiger partial charge in [-0.2, -0.15) is 8.42 Å². The fourth-order valence-corrected chi connectivity index (χ4v) is 4.64. The van der Waals surface area contributed by atoms with Gasteiger partial charge in [-0.1, -0.05) is 36.4 Å². The Morgan fingerprint density at radius 2 is 1.84 bits per heavy atom. The van der Waals surface area contributed by atoms with E-state index in [1.807, 2.05) is 44.2 Å². The minimum Gasteiger partial charge on any atom is -0.493 e. The number of esters is 1. The number of aryl methyl sites for hydroxylation is 2. The highest BCUT2D eigenvalue weighted by molar-refractivity contribution is 7.86. The van der Waals surface area contributed by atoms with Gasteiger partial charge < -0.3 is 14.8 Å². The molecule has 0 aliphatic carbocycles. The summed E-state index contributed by atoms with van der Waals surface area (Å²) in [5.41, 5.74) is 4.47. The Kier molecular flexibility index (Phi) is 11.7. The lowest BCUT2D eigenvalue weighted by molar-refractivity contribution is -0.141. The van der Waals surface area contributed by atoms with Crippen LogP contribution in [0.5, 0.6) is 5.75 Å². The Morgan fingerprint density at radius 1 is 1.11 bits per heavy atom. The van der Waals surface area contributed by atoms with E-state index in [4.69, 9.17) is 13.7 Å². The van der Waals surface area contributed by atoms with Gasteiger partial charge in [0.2, 0.25) is 0 Å². The molecule has 0 spiro atoms. The summed E-state index contributed by atoms with van der Waals surface area (Å²) in [5, 5.41) is 2.75. The first kappa shape index (κ1) is 30.8. The largest absolute Gasteiger partial charge is 0.493 e. The van der Waals surface area contributed by atoms with E-state index in [-0.39, 0.29) is 12.8 Å². The highest BCUT2D eigenvalue weighted by Gasteiger charge is 2.27. The third-order valence-electron chi connectivity index (χ3n) is 5.71. The maximum absolute atomic E-state index is 13.0. The van der Waals surface area contributed by atoms with E-state index in [1.165, 1.54) is 13.2 Å². The first-order chi connectivity index (χ1) is 18.0. The molecule has 2 atom stereocenters. The molecule has 8 nitrogen and oxygen atoms in total. The lowest BCUT2D eigenvalue weighted by atomic mass is 9.93. The second-order valence-corrected chi connectivity index (χ2v) is 10.6. The van der Waals surface area contributed by atoms with Crippen LogP contribution in [-0.2, 0) is 28.6 Å². The number of rotatable bonds is 15. The molecule has 0 heterocycles. The smallest absolute Gasteiger partial charge is 0.307 e. The predicted molar refractivity (Wildman–Crippen MR) is 148 cm³/mol. The number of amides is 1. The van der Waals surface area contributed by atoms with Crippen molar-refractivity contribution in [3.63, 3.8) is 0 Å². The standard InChI is InChI=1S/C29H37NO7S/c1-7-9-10-15-36-26-17-20(3)16-21(4)28(26)23-14-11-13-22(18-23)24(19-27(31)35-5)30-29(32)25(12-8-2)37-38(6,33)34/h7-8,11,13-14,16-18,24-25H,1-2,9-10,12,15,19H2,3-6H3,(H,30,32)/t24-,25+/m0/s1. The molecule has 2 aromatic rings. The van der Waals surface area contributed by atoms with Gasteiger partial charge in [0.25, 0.3) is 16.0 Å². The molecule has 38 heavy (non-hydrogen) atoms. The first-order valence-corrected chi connectivity index (χ1v) is 14.1. The molecule has 0 aliphatic heterocycles. The van der Waals surface area contributed by atoms with Crippen molar-refractivity contribution in [3.8, 4) is 16.9 Å². The van der Waals surface area contributed by atoms with E-state index in [9.17, 15) is 18.0 Å². The summed E-state index contributed by atoms with van der Waals surface area (Å²) >= 11 is 0. The number of benzene rings is 2. The number of allylic oxidation sites excluding steroid dienone is 1. The summed E-state index contributed by atoms with van der Waals surface area (Å²) in [4.78, 5) is 25.2. The van der Waals surface area contributed by atoms with Crippen molar-refractivity contribution in [3.05, 3.63) is 78.4 Å². The van der Waals surface area contributed by atoms with E-state index in [0.29, 0.717) is 12.2 Å². The molecule has 2 aromatic carbocycles. The molecule has 206 valence electrons. The van der Waals surface area contributed by atoms with E-state index in [0.717, 1.165) is 47.1 Å². The zero-order chi connectivity index (χ0) is 28.3. The molecule has 1 N–H and O–H groups in total. The van der Waals surface area contributed by atoms with Crippen molar-refractivity contribution in [2.75, 3.05) is 20.0 Å². The number of hydrogen-bond acceptors (Lipinski definition) is 7. The van der Waals surface area contributed by atoms with Gasteiger partial charge in [-0.05, 0) is 61.1 Å². The highest BCUT2D eigenvalue weighted by Crippen LogP contribution is 2.36. The van der Waals surface area contributed by atoms with Crippen LogP contribution in [0.25, 0.3) is 11.1 Å². The summed E-state index contributed by atoms with van der Waals surface area (Å²) in [5.74, 6) is -0.486. The van der Waals surface area contributed by atoms with Crippen LogP contribution in [-0.4, -0.2) is 46.4 Å². The van der Waals surface area contributed by atoms with E-state index >= 15 is 0 Å². The van der Waals surface area contributed by atoms with Gasteiger partial charge >= 0.3 is 5.97 Å². The van der Waals surface area contributed by atoms with Crippen molar-refractivity contribution < 1.29 is 31.7 Å². The molecule has 0 aliphatic rings. The Labute approximate surface area is 225 Å². The van der Waals surface area contributed by atoms with Crippen LogP contribution in [0.3, 0.4) is 0 Å². The van der Waals surface area contributed by atoms with Crippen molar-refractivity contribution >= 4 is 22.0 Å². The lowest BCUT2D eigenvalue weighted by Crippen LogP contribution is -2.40. The quantitative estimate of drug-likeness (QED) is 0.146. The second kappa shape index (κ2) is 14.5. The second-order valence-electron chi connectivity index (χ2n) is 9.01. The van der Waals surface area contributed by atoms with Crippen LogP contribution < -0.4 is 10.1 Å². The minimum absolute atomic E-state index is 0.0288. The zero-order valence-corrected chi connectivity index (χ0v) is 23.3. The van der Waals surface area contributed by atoms with Gasteiger partial charge in [-0.3, -0.25) is 13.8 Å². The van der Waals surface area contributed by atoms with Crippen LogP contribution in [0.15, 0.2) is 61.7 Å². The SMILES string of the molecule is C=CCCCOc1cc(C)cc(C)c1-c1cccc([C@H](CC(=O)OC)NC(=O)[C@@H](CC=C)OS(C)(=O)=O)c1. The average molecular weight is 544 g/mol. The highest BCUT2D eigenvalue weighted by atomic mass is 32.2. The number of carbonyl (C=O) groups excluding carboxylic acids is 2. The summed E-state index contributed by atoms with van der Waals surface area (Å²) in [7, 11) is -2.65. The van der Waals surface area contributed by atoms with Crippen molar-refractivity contribution in [1.29, 1.82) is 0 Å². The third kappa shape index (κ3) is 9.46. The number of methoxy groups -OCH3 is 1. The van der Waals surface area contributed by atoms with E-state index < -0.39 is 34.1 Å². The van der Waals surface area contributed by atoms with Crippen LogP contribution in [0.4, 0.5) is 0 Å². The molecular formula is C29H37NO7S. The fourth-order valence-electron chi connectivity index (χ4n) is 4.05. The topological polar surface area (TPSA) is 108 Å². The molecule has 1 amide bonds. The molecule has 0 aromatic heterocycles. The summed E-state index contributed by atoms with van der Waals surface area (Å²) < 4.78 is 39.3. The maximum Gasteiger partial charge on any atom is 0.307 e. The van der Waals surface area contributed by atoms with Gasteiger partial charge in [0.15, 0.2) is 6.10 Å². The first-order valence-electron chi connectivity index (χ1n) is 12.3. The lowest BCUT2D eigenvalue weighted by Gasteiger charge is -2.23. The predicted octanol–water partition coefficient (Wildman–Crippen LogP) is 4.96. The molecule has 0 unspecified atom stereocenters. The molecular weight excluding hydrogens is 506 g/mol. The van der Waals surface area contributed by atoms with E-state index in [1.54, 1.807) is 6.07 Å². The number of carbonyl (C=O) groups is 2. The van der Waals surface area contributed by atoms with Gasteiger partial charge in [0.05, 0.1) is 32.4 Å². The van der Waals surface area contributed by atoms with Crippen molar-refractivity contribution in [2.45, 2.75) is 51.7 Å². The Balaban J connectivity index is 2.47. The maximum atomic E-state index is 13.0. The van der Waals surface area contributed by atoms with Crippen LogP contribution >= 0.6 is 0 Å². The van der Waals surface area contributed by atoms with Gasteiger partial charge in [-0.15, -0.1) is 13.2 Å². The molecule has 0 saturated carbocycles. The Bertz CT molecular complexity index is 1250. The molecule has 9 heteroatoms. The fraction of sp³-hybridized carbons (Fsp3) is 0.379. The average Bonchev–Trinajstić information content (AvgIpc) is 2.84. The Morgan fingerprint density at radius 3 is 2.47 bits per heavy atom. The van der Waals surface area contributed by atoms with Crippen LogP contribution in [0.1, 0.15) is 48.4 Å². The monoisotopic (exact) mass is 543 g/mol. The number of ether oxygens (including phenoxy) is 2. The molecule has 0 saturated heterocycles. The van der Waals surface area contributed by atoms with Gasteiger partial charge in [0.1, 0.15) is 5.75 Å². The van der Waals surface area contributed by atoms with Gasteiger partial charge in [0, 0.05) is 12.0 Å². The van der Waals surface area contributed by atoms with Gasteiger partial charge in [-0.25, -0.2) is 0 Å². The number of hydrogen-bond donors (Lipinski definition) is 1.